The molecule has 18 heavy (non-hydrogen) atoms. The minimum atomic E-state index is 0.480. The van der Waals surface area contributed by atoms with E-state index in [9.17, 15) is 0 Å². The Kier molecular flexibility index (Phi) is 3.44. The Morgan fingerprint density at radius 2 is 1.56 bits per heavy atom. The van der Waals surface area contributed by atoms with Gasteiger partial charge in [0.25, 0.3) is 0 Å². The molecule has 2 N–H and O–H groups in total. The van der Waals surface area contributed by atoms with E-state index in [1.807, 2.05) is 0 Å². The number of hydrogen-bond donors (Lipinski definition) is 1. The van der Waals surface area contributed by atoms with Crippen LogP contribution in [0.1, 0.15) is 71.6 Å². The van der Waals surface area contributed by atoms with Crippen LogP contribution in [0.2, 0.25) is 0 Å². The molecule has 2 heterocycles. The lowest BCUT2D eigenvalue weighted by atomic mass is 9.72. The Morgan fingerprint density at radius 3 is 2.17 bits per heavy atom. The summed E-state index contributed by atoms with van der Waals surface area (Å²) in [5.41, 5.74) is 6.81. The van der Waals surface area contributed by atoms with Gasteiger partial charge in [-0.2, -0.15) is 0 Å². The summed E-state index contributed by atoms with van der Waals surface area (Å²) in [4.78, 5) is 2.92. The maximum Gasteiger partial charge on any atom is 0.0116 e. The largest absolute Gasteiger partial charge is 0.328 e. The number of rotatable bonds is 1. The Bertz CT molecular complexity index is 285. The van der Waals surface area contributed by atoms with Crippen molar-refractivity contribution in [2.24, 2.45) is 11.1 Å². The number of fused-ring (bicyclic) bond motifs is 2. The Hall–Kier alpha value is -0.0800. The number of nitrogens with zero attached hydrogens (tertiary/aromatic N) is 1. The van der Waals surface area contributed by atoms with Gasteiger partial charge in [-0.3, -0.25) is 4.90 Å². The van der Waals surface area contributed by atoms with Crippen LogP contribution >= 0.6 is 0 Å². The second-order valence-corrected chi connectivity index (χ2v) is 7.83. The number of hydrogen-bond acceptors (Lipinski definition) is 2. The predicted molar refractivity (Wildman–Crippen MR) is 76.5 cm³/mol. The van der Waals surface area contributed by atoms with Crippen molar-refractivity contribution < 1.29 is 0 Å². The van der Waals surface area contributed by atoms with Gasteiger partial charge in [0.2, 0.25) is 0 Å². The lowest BCUT2D eigenvalue weighted by Crippen LogP contribution is -2.60. The van der Waals surface area contributed by atoms with E-state index >= 15 is 0 Å². The van der Waals surface area contributed by atoms with E-state index in [0.717, 1.165) is 18.1 Å². The van der Waals surface area contributed by atoms with Gasteiger partial charge < -0.3 is 5.73 Å². The SMILES string of the molecule is CC1(C)CCCC(N2C3CCCC2CC(N)C3)C1. The standard InChI is InChI=1S/C16H30N2/c1-16(2)8-4-7-15(11-16)18-13-5-3-6-14(18)10-12(17)9-13/h12-15H,3-11,17H2,1-2H3. The van der Waals surface area contributed by atoms with E-state index in [4.69, 9.17) is 5.73 Å². The molecule has 3 unspecified atom stereocenters. The zero-order valence-electron chi connectivity index (χ0n) is 12.2. The fraction of sp³-hybridized carbons (Fsp3) is 1.00. The molecule has 0 aromatic carbocycles. The highest BCUT2D eigenvalue weighted by Crippen LogP contribution is 2.43. The van der Waals surface area contributed by atoms with Crippen molar-refractivity contribution in [2.45, 2.75) is 95.8 Å². The smallest absolute Gasteiger partial charge is 0.0116 e. The van der Waals surface area contributed by atoms with E-state index in [2.05, 4.69) is 18.7 Å². The molecule has 1 aliphatic carbocycles. The van der Waals surface area contributed by atoms with Crippen molar-refractivity contribution >= 4 is 0 Å². The molecule has 2 bridgehead atoms. The second kappa shape index (κ2) is 4.79. The van der Waals surface area contributed by atoms with Gasteiger partial charge in [-0.1, -0.05) is 26.7 Å². The molecule has 0 radical (unpaired) electrons. The second-order valence-electron chi connectivity index (χ2n) is 7.83. The normalized spacial score (nSPS) is 44.8. The van der Waals surface area contributed by atoms with Gasteiger partial charge in [0.15, 0.2) is 0 Å². The minimum Gasteiger partial charge on any atom is -0.328 e. The highest BCUT2D eigenvalue weighted by Gasteiger charge is 2.42. The van der Waals surface area contributed by atoms with E-state index in [1.165, 1.54) is 57.8 Å². The van der Waals surface area contributed by atoms with E-state index in [0.29, 0.717) is 11.5 Å². The van der Waals surface area contributed by atoms with Crippen LogP contribution in [0.4, 0.5) is 0 Å². The van der Waals surface area contributed by atoms with Gasteiger partial charge in [-0.15, -0.1) is 0 Å². The molecule has 2 aliphatic heterocycles. The molecule has 104 valence electrons. The van der Waals surface area contributed by atoms with Crippen molar-refractivity contribution in [3.8, 4) is 0 Å². The van der Waals surface area contributed by atoms with Crippen LogP contribution in [0.25, 0.3) is 0 Å². The summed E-state index contributed by atoms with van der Waals surface area (Å²) in [7, 11) is 0. The Morgan fingerprint density at radius 1 is 0.944 bits per heavy atom. The first-order valence-electron chi connectivity index (χ1n) is 8.08. The van der Waals surface area contributed by atoms with Crippen molar-refractivity contribution in [2.75, 3.05) is 0 Å². The third kappa shape index (κ3) is 2.46. The summed E-state index contributed by atoms with van der Waals surface area (Å²) in [6, 6.07) is 2.96. The maximum atomic E-state index is 6.24. The van der Waals surface area contributed by atoms with Crippen molar-refractivity contribution in [3.05, 3.63) is 0 Å². The molecule has 3 aliphatic rings. The van der Waals surface area contributed by atoms with Gasteiger partial charge in [-0.05, 0) is 50.4 Å². The van der Waals surface area contributed by atoms with E-state index in [1.54, 1.807) is 0 Å². The highest BCUT2D eigenvalue weighted by molar-refractivity contribution is 4.99. The number of nitrogens with two attached hydrogens (primary N) is 1. The van der Waals surface area contributed by atoms with Crippen LogP contribution in [0.5, 0.6) is 0 Å². The summed E-state index contributed by atoms with van der Waals surface area (Å²) in [6.45, 7) is 4.93. The summed E-state index contributed by atoms with van der Waals surface area (Å²) in [6.07, 6.45) is 12.5. The number of piperidine rings is 2. The quantitative estimate of drug-likeness (QED) is 0.773. The molecular formula is C16H30N2. The average Bonchev–Trinajstić information content (AvgIpc) is 2.26. The molecular weight excluding hydrogens is 220 g/mol. The summed E-state index contributed by atoms with van der Waals surface area (Å²) >= 11 is 0. The Balaban J connectivity index is 1.74. The predicted octanol–water partition coefficient (Wildman–Crippen LogP) is 3.30. The monoisotopic (exact) mass is 250 g/mol. The first-order chi connectivity index (χ1) is 8.55. The lowest BCUT2D eigenvalue weighted by molar-refractivity contribution is -0.0339. The summed E-state index contributed by atoms with van der Waals surface area (Å²) in [5, 5.41) is 0. The summed E-state index contributed by atoms with van der Waals surface area (Å²) < 4.78 is 0. The summed E-state index contributed by atoms with van der Waals surface area (Å²) in [5.74, 6) is 0. The average molecular weight is 250 g/mol. The van der Waals surface area contributed by atoms with Crippen LogP contribution in [0.15, 0.2) is 0 Å². The molecule has 2 nitrogen and oxygen atoms in total. The highest BCUT2D eigenvalue weighted by atomic mass is 15.2. The molecule has 2 saturated heterocycles. The Labute approximate surface area is 112 Å². The zero-order valence-corrected chi connectivity index (χ0v) is 12.2. The van der Waals surface area contributed by atoms with E-state index in [-0.39, 0.29) is 0 Å². The van der Waals surface area contributed by atoms with Crippen LogP contribution < -0.4 is 5.73 Å². The lowest BCUT2D eigenvalue weighted by Gasteiger charge is -2.54. The fourth-order valence-corrected chi connectivity index (χ4v) is 4.97. The van der Waals surface area contributed by atoms with Gasteiger partial charge in [0.1, 0.15) is 0 Å². The molecule has 0 amide bonds. The topological polar surface area (TPSA) is 29.3 Å². The molecule has 1 saturated carbocycles. The van der Waals surface area contributed by atoms with Gasteiger partial charge in [0.05, 0.1) is 0 Å². The van der Waals surface area contributed by atoms with Crippen LogP contribution in [0, 0.1) is 5.41 Å². The molecule has 0 aromatic heterocycles. The molecule has 3 rings (SSSR count). The van der Waals surface area contributed by atoms with Gasteiger partial charge >= 0.3 is 0 Å². The van der Waals surface area contributed by atoms with Crippen LogP contribution in [0.3, 0.4) is 0 Å². The first kappa shape index (κ1) is 12.9. The minimum absolute atomic E-state index is 0.480. The van der Waals surface area contributed by atoms with Crippen LogP contribution in [-0.2, 0) is 0 Å². The van der Waals surface area contributed by atoms with Crippen molar-refractivity contribution in [1.82, 2.24) is 4.90 Å². The van der Waals surface area contributed by atoms with Crippen LogP contribution in [-0.4, -0.2) is 29.1 Å². The van der Waals surface area contributed by atoms with Gasteiger partial charge in [-0.25, -0.2) is 0 Å². The van der Waals surface area contributed by atoms with Crippen molar-refractivity contribution in [3.63, 3.8) is 0 Å². The maximum absolute atomic E-state index is 6.24. The van der Waals surface area contributed by atoms with Crippen molar-refractivity contribution in [1.29, 1.82) is 0 Å². The van der Waals surface area contributed by atoms with Gasteiger partial charge in [0, 0.05) is 24.2 Å². The molecule has 2 heteroatoms. The fourth-order valence-electron chi connectivity index (χ4n) is 4.97. The first-order valence-corrected chi connectivity index (χ1v) is 8.08. The van der Waals surface area contributed by atoms with E-state index < -0.39 is 0 Å². The zero-order chi connectivity index (χ0) is 12.8. The molecule has 0 spiro atoms. The molecule has 3 fully saturated rings. The molecule has 3 atom stereocenters. The third-order valence-corrected chi connectivity index (χ3v) is 5.67. The third-order valence-electron chi connectivity index (χ3n) is 5.67. The molecule has 0 aromatic rings.